The lowest BCUT2D eigenvalue weighted by molar-refractivity contribution is -0.140. The molecular weight excluding hydrogens is 504 g/mol. The van der Waals surface area contributed by atoms with Gasteiger partial charge < -0.3 is 30.3 Å². The normalized spacial score (nSPS) is 15.4. The number of aliphatic carboxylic acids is 1. The standard InChI is InChI=1S/C28H28N4O7/c1-38-24-13-10-18(14-25(24)39-2)23-7-5-3-4-6-20-15-21(31-32(20)23)27(35)29-19-11-8-17(9-12-19)26(34)30-22(16-33)28(36)37/h3,5,7-15,22,33H,4,6,16H2,1-2H3,(H,29,35)(H,30,34)(H,36,37)/b5-3-,23-7-/t22-/m0/s1. The summed E-state index contributed by atoms with van der Waals surface area (Å²) in [6, 6.07) is 11.8. The first-order chi connectivity index (χ1) is 18.8. The van der Waals surface area contributed by atoms with Crippen molar-refractivity contribution in [1.29, 1.82) is 0 Å². The van der Waals surface area contributed by atoms with Gasteiger partial charge in [-0.3, -0.25) is 9.59 Å². The fraction of sp³-hybridized carbons (Fsp3) is 0.214. The Balaban J connectivity index is 1.54. The number of aliphatic hydroxyl groups is 1. The first-order valence-electron chi connectivity index (χ1n) is 12.1. The summed E-state index contributed by atoms with van der Waals surface area (Å²) in [7, 11) is 3.14. The molecule has 0 bridgehead atoms. The monoisotopic (exact) mass is 532 g/mol. The van der Waals surface area contributed by atoms with Crippen molar-refractivity contribution < 1.29 is 34.1 Å². The van der Waals surface area contributed by atoms with Gasteiger partial charge in [-0.1, -0.05) is 12.2 Å². The van der Waals surface area contributed by atoms with Gasteiger partial charge >= 0.3 is 5.97 Å². The molecule has 2 heterocycles. The van der Waals surface area contributed by atoms with Crippen LogP contribution in [0.25, 0.3) is 5.70 Å². The first kappa shape index (κ1) is 27.1. The predicted octanol–water partition coefficient (Wildman–Crippen LogP) is 2.72. The number of carbonyl (C=O) groups is 3. The minimum absolute atomic E-state index is 0.176. The third-order valence-corrected chi connectivity index (χ3v) is 6.07. The fourth-order valence-electron chi connectivity index (χ4n) is 4.02. The van der Waals surface area contributed by atoms with Crippen molar-refractivity contribution >= 4 is 29.2 Å². The Hall–Kier alpha value is -4.90. The molecule has 1 aliphatic rings. The van der Waals surface area contributed by atoms with E-state index in [1.165, 1.54) is 24.3 Å². The van der Waals surface area contributed by atoms with E-state index in [9.17, 15) is 14.4 Å². The van der Waals surface area contributed by atoms with Crippen LogP contribution in [0.15, 0.2) is 66.8 Å². The number of anilines is 1. The second-order valence-electron chi connectivity index (χ2n) is 8.60. The van der Waals surface area contributed by atoms with E-state index in [0.29, 0.717) is 23.6 Å². The van der Waals surface area contributed by atoms with Gasteiger partial charge in [0.25, 0.3) is 11.8 Å². The summed E-state index contributed by atoms with van der Waals surface area (Å²) in [5.41, 5.74) is 3.26. The van der Waals surface area contributed by atoms with Crippen LogP contribution in [0, 0.1) is 0 Å². The van der Waals surface area contributed by atoms with Crippen LogP contribution < -0.4 is 20.1 Å². The molecule has 4 N–H and O–H groups in total. The highest BCUT2D eigenvalue weighted by molar-refractivity contribution is 6.03. The highest BCUT2D eigenvalue weighted by Gasteiger charge is 2.21. The van der Waals surface area contributed by atoms with Crippen LogP contribution in [0.1, 0.15) is 38.5 Å². The average Bonchev–Trinajstić information content (AvgIpc) is 3.34. The molecule has 0 unspecified atom stereocenters. The molecule has 1 atom stereocenters. The van der Waals surface area contributed by atoms with Crippen molar-refractivity contribution in [3.05, 3.63) is 89.3 Å². The van der Waals surface area contributed by atoms with Crippen molar-refractivity contribution in [1.82, 2.24) is 15.1 Å². The Morgan fingerprint density at radius 2 is 1.77 bits per heavy atom. The van der Waals surface area contributed by atoms with Gasteiger partial charge in [0, 0.05) is 22.5 Å². The second-order valence-corrected chi connectivity index (χ2v) is 8.60. The minimum atomic E-state index is -1.41. The smallest absolute Gasteiger partial charge is 0.328 e. The van der Waals surface area contributed by atoms with E-state index in [4.69, 9.17) is 19.7 Å². The third-order valence-electron chi connectivity index (χ3n) is 6.07. The molecule has 11 nitrogen and oxygen atoms in total. The summed E-state index contributed by atoms with van der Waals surface area (Å²) in [6.07, 6.45) is 7.39. The maximum Gasteiger partial charge on any atom is 0.328 e. The molecule has 2 aromatic carbocycles. The molecule has 39 heavy (non-hydrogen) atoms. The van der Waals surface area contributed by atoms with Gasteiger partial charge in [-0.25, -0.2) is 9.48 Å². The number of benzene rings is 2. The maximum absolute atomic E-state index is 13.1. The molecule has 3 aromatic rings. The molecule has 0 radical (unpaired) electrons. The summed E-state index contributed by atoms with van der Waals surface area (Å²) in [5.74, 6) is -1.27. The number of ether oxygens (including phenoxy) is 2. The maximum atomic E-state index is 13.1. The SMILES string of the molecule is COc1ccc(/C2=C/C=C\CCc3cc(C(=O)Nc4ccc(C(=O)N[C@@H](CO)C(=O)O)cc4)nn32)cc1OC. The van der Waals surface area contributed by atoms with Gasteiger partial charge in [0.05, 0.1) is 26.5 Å². The van der Waals surface area contributed by atoms with Crippen molar-refractivity contribution in [2.24, 2.45) is 0 Å². The van der Waals surface area contributed by atoms with Crippen LogP contribution in [0.5, 0.6) is 11.5 Å². The number of carboxylic acids is 1. The van der Waals surface area contributed by atoms with E-state index in [0.717, 1.165) is 23.4 Å². The van der Waals surface area contributed by atoms with E-state index >= 15 is 0 Å². The lowest BCUT2D eigenvalue weighted by atomic mass is 10.1. The molecule has 0 saturated carbocycles. The lowest BCUT2D eigenvalue weighted by Gasteiger charge is -2.15. The third kappa shape index (κ3) is 6.16. The van der Waals surface area contributed by atoms with Crippen LogP contribution >= 0.6 is 0 Å². The Labute approximate surface area is 224 Å². The zero-order valence-electron chi connectivity index (χ0n) is 21.4. The van der Waals surface area contributed by atoms with E-state index in [1.807, 2.05) is 36.4 Å². The number of carboxylic acid groups (broad SMARTS) is 1. The number of aliphatic hydroxyl groups excluding tert-OH is 1. The Morgan fingerprint density at radius 1 is 1.03 bits per heavy atom. The molecule has 4 rings (SSSR count). The highest BCUT2D eigenvalue weighted by Crippen LogP contribution is 2.32. The van der Waals surface area contributed by atoms with Crippen LogP contribution in [0.4, 0.5) is 5.69 Å². The minimum Gasteiger partial charge on any atom is -0.493 e. The number of methoxy groups -OCH3 is 2. The van der Waals surface area contributed by atoms with Crippen molar-refractivity contribution in [2.45, 2.75) is 18.9 Å². The zero-order chi connectivity index (χ0) is 27.9. The number of rotatable bonds is 9. The van der Waals surface area contributed by atoms with Crippen LogP contribution in [0.3, 0.4) is 0 Å². The number of aromatic nitrogens is 2. The Kier molecular flexibility index (Phi) is 8.42. The van der Waals surface area contributed by atoms with Crippen molar-refractivity contribution in [3.8, 4) is 11.5 Å². The molecule has 0 spiro atoms. The summed E-state index contributed by atoms with van der Waals surface area (Å²) >= 11 is 0. The number of amides is 2. The van der Waals surface area contributed by atoms with E-state index in [1.54, 1.807) is 25.0 Å². The van der Waals surface area contributed by atoms with Gasteiger partial charge in [-0.05, 0) is 67.4 Å². The number of hydrogen-bond donors (Lipinski definition) is 4. The van der Waals surface area contributed by atoms with Gasteiger partial charge in [-0.2, -0.15) is 5.10 Å². The second kappa shape index (κ2) is 12.1. The van der Waals surface area contributed by atoms with Crippen LogP contribution in [-0.4, -0.2) is 64.6 Å². The molecule has 1 aliphatic heterocycles. The molecule has 202 valence electrons. The summed E-state index contributed by atoms with van der Waals surface area (Å²) < 4.78 is 12.5. The van der Waals surface area contributed by atoms with E-state index in [2.05, 4.69) is 15.7 Å². The largest absolute Gasteiger partial charge is 0.493 e. The van der Waals surface area contributed by atoms with Crippen LogP contribution in [-0.2, 0) is 11.2 Å². The molecule has 11 heteroatoms. The number of nitrogens with one attached hydrogen (secondary N) is 2. The molecule has 0 saturated heterocycles. The van der Waals surface area contributed by atoms with Gasteiger partial charge in [0.1, 0.15) is 0 Å². The average molecular weight is 533 g/mol. The van der Waals surface area contributed by atoms with Gasteiger partial charge in [0.2, 0.25) is 0 Å². The molecule has 1 aromatic heterocycles. The number of allylic oxidation sites excluding steroid dienone is 3. The Morgan fingerprint density at radius 3 is 2.44 bits per heavy atom. The topological polar surface area (TPSA) is 152 Å². The molecular formula is C28H28N4O7. The van der Waals surface area contributed by atoms with E-state index < -0.39 is 30.4 Å². The van der Waals surface area contributed by atoms with Gasteiger partial charge in [-0.15, -0.1) is 0 Å². The number of carbonyl (C=O) groups excluding carboxylic acids is 2. The van der Waals surface area contributed by atoms with Crippen LogP contribution in [0.2, 0.25) is 0 Å². The van der Waals surface area contributed by atoms with Gasteiger partial charge in [0.15, 0.2) is 23.2 Å². The van der Waals surface area contributed by atoms with E-state index in [-0.39, 0.29) is 11.3 Å². The number of fused-ring (bicyclic) bond motifs is 1. The fourth-order valence-corrected chi connectivity index (χ4v) is 4.02. The summed E-state index contributed by atoms with van der Waals surface area (Å²) in [4.78, 5) is 36.4. The van der Waals surface area contributed by atoms with Crippen molar-refractivity contribution in [3.63, 3.8) is 0 Å². The molecule has 0 aliphatic carbocycles. The van der Waals surface area contributed by atoms with Crippen molar-refractivity contribution in [2.75, 3.05) is 26.1 Å². The predicted molar refractivity (Wildman–Crippen MR) is 143 cm³/mol. The number of nitrogens with zero attached hydrogens (tertiary/aromatic N) is 2. The molecule has 2 amide bonds. The highest BCUT2D eigenvalue weighted by atomic mass is 16.5. The Bertz CT molecular complexity index is 1440. The molecule has 0 fully saturated rings. The lowest BCUT2D eigenvalue weighted by Crippen LogP contribution is -2.43. The zero-order valence-corrected chi connectivity index (χ0v) is 21.4. The summed E-state index contributed by atoms with van der Waals surface area (Å²) in [6.45, 7) is -0.733. The first-order valence-corrected chi connectivity index (χ1v) is 12.1. The number of hydrogen-bond acceptors (Lipinski definition) is 7. The quantitative estimate of drug-likeness (QED) is 0.328. The number of aryl methyl sites for hydroxylation is 1. The summed E-state index contributed by atoms with van der Waals surface area (Å²) in [5, 5.41) is 27.7.